The maximum absolute atomic E-state index is 13.5. The Hall–Kier alpha value is -1.50. The van der Waals surface area contributed by atoms with Crippen molar-refractivity contribution in [3.8, 4) is 0 Å². The number of nitrogens with two attached hydrogens (primary N) is 1. The fourth-order valence-corrected chi connectivity index (χ4v) is 2.38. The molecule has 3 nitrogen and oxygen atoms in total. The average molecular weight is 388 g/mol. The van der Waals surface area contributed by atoms with Crippen molar-refractivity contribution in [3.05, 3.63) is 62.8 Å². The van der Waals surface area contributed by atoms with Crippen LogP contribution in [0.15, 0.2) is 40.9 Å². The first kappa shape index (κ1) is 15.9. The van der Waals surface area contributed by atoms with Crippen LogP contribution in [0, 0.1) is 5.82 Å². The van der Waals surface area contributed by atoms with E-state index in [0.29, 0.717) is 16.3 Å². The lowest BCUT2D eigenvalue weighted by Gasteiger charge is -2.09. The number of amides is 1. The lowest BCUT2D eigenvalue weighted by molar-refractivity contribution is 0.102. The minimum Gasteiger partial charge on any atom is -0.389 e. The fourth-order valence-electron chi connectivity index (χ4n) is 1.66. The summed E-state index contributed by atoms with van der Waals surface area (Å²) >= 11 is 14.0. The molecule has 2 aromatic rings. The van der Waals surface area contributed by atoms with Gasteiger partial charge in [0.25, 0.3) is 5.91 Å². The summed E-state index contributed by atoms with van der Waals surface area (Å²) in [4.78, 5) is 12.1. The molecule has 0 atom stereocenters. The van der Waals surface area contributed by atoms with Crippen LogP contribution < -0.4 is 11.1 Å². The Balaban J connectivity index is 2.29. The van der Waals surface area contributed by atoms with Crippen molar-refractivity contribution in [1.82, 2.24) is 0 Å². The number of nitrogens with one attached hydrogen (secondary N) is 1. The summed E-state index contributed by atoms with van der Waals surface area (Å²) in [5.74, 6) is -0.956. The van der Waals surface area contributed by atoms with Gasteiger partial charge in [-0.15, -0.1) is 0 Å². The van der Waals surface area contributed by atoms with Gasteiger partial charge in [0.15, 0.2) is 0 Å². The van der Waals surface area contributed by atoms with E-state index in [9.17, 15) is 9.18 Å². The summed E-state index contributed by atoms with van der Waals surface area (Å²) < 4.78 is 14.2. The van der Waals surface area contributed by atoms with Crippen LogP contribution in [0.4, 0.5) is 10.1 Å². The first-order valence-corrected chi connectivity index (χ1v) is 7.32. The van der Waals surface area contributed by atoms with Crippen LogP contribution in [0.1, 0.15) is 15.9 Å². The molecule has 0 heterocycles. The number of hydrogen-bond donors (Lipinski definition) is 2. The second-order valence-corrected chi connectivity index (χ2v) is 5.90. The van der Waals surface area contributed by atoms with Crippen molar-refractivity contribution in [2.45, 2.75) is 0 Å². The van der Waals surface area contributed by atoms with Crippen molar-refractivity contribution in [3.63, 3.8) is 0 Å². The van der Waals surface area contributed by atoms with E-state index < -0.39 is 11.7 Å². The van der Waals surface area contributed by atoms with Crippen molar-refractivity contribution in [1.29, 1.82) is 0 Å². The van der Waals surface area contributed by atoms with Gasteiger partial charge in [0.1, 0.15) is 10.8 Å². The molecule has 21 heavy (non-hydrogen) atoms. The quantitative estimate of drug-likeness (QED) is 0.779. The average Bonchev–Trinajstić information content (AvgIpc) is 2.43. The van der Waals surface area contributed by atoms with Crippen molar-refractivity contribution < 1.29 is 9.18 Å². The molecule has 0 radical (unpaired) electrons. The number of thiocarbonyl (C=S) groups is 1. The minimum absolute atomic E-state index is 0.0724. The Bertz CT molecular complexity index is 739. The molecule has 3 N–H and O–H groups in total. The Morgan fingerprint density at radius 2 is 1.95 bits per heavy atom. The van der Waals surface area contributed by atoms with Gasteiger partial charge in [0.2, 0.25) is 0 Å². The number of benzene rings is 2. The van der Waals surface area contributed by atoms with Crippen molar-refractivity contribution >= 4 is 56.3 Å². The van der Waals surface area contributed by atoms with Gasteiger partial charge in [-0.3, -0.25) is 4.79 Å². The molecule has 2 rings (SSSR count). The summed E-state index contributed by atoms with van der Waals surface area (Å²) in [5, 5.41) is 2.94. The zero-order valence-corrected chi connectivity index (χ0v) is 13.7. The summed E-state index contributed by atoms with van der Waals surface area (Å²) in [7, 11) is 0. The fraction of sp³-hybridized carbons (Fsp3) is 0. The molecule has 0 aromatic heterocycles. The third-order valence-electron chi connectivity index (χ3n) is 2.66. The Kier molecular flexibility index (Phi) is 4.92. The Morgan fingerprint density at radius 1 is 1.24 bits per heavy atom. The molecule has 7 heteroatoms. The van der Waals surface area contributed by atoms with Crippen LogP contribution in [-0.4, -0.2) is 10.9 Å². The topological polar surface area (TPSA) is 55.1 Å². The monoisotopic (exact) mass is 386 g/mol. The van der Waals surface area contributed by atoms with Gasteiger partial charge in [-0.25, -0.2) is 4.39 Å². The number of carbonyl (C=O) groups is 1. The smallest absolute Gasteiger partial charge is 0.257 e. The third-order valence-corrected chi connectivity index (χ3v) is 3.71. The van der Waals surface area contributed by atoms with Crippen LogP contribution in [0.5, 0.6) is 0 Å². The molecule has 0 spiro atoms. The molecule has 0 fully saturated rings. The molecule has 0 unspecified atom stereocenters. The van der Waals surface area contributed by atoms with Gasteiger partial charge in [0, 0.05) is 15.7 Å². The standard InChI is InChI=1S/C14H9BrClFN2OS/c15-7-1-3-11(16)9(5-7)14(20)19-8-2-4-12(17)10(6-8)13(18)21/h1-6H,(H2,18,21)(H,19,20). The molecule has 0 aliphatic carbocycles. The van der Waals surface area contributed by atoms with Crippen molar-refractivity contribution in [2.75, 3.05) is 5.32 Å². The number of anilines is 1. The summed E-state index contributed by atoms with van der Waals surface area (Å²) in [5.41, 5.74) is 6.17. The SMILES string of the molecule is NC(=S)c1cc(NC(=O)c2cc(Br)ccc2Cl)ccc1F. The number of hydrogen-bond acceptors (Lipinski definition) is 2. The van der Waals surface area contributed by atoms with Gasteiger partial charge < -0.3 is 11.1 Å². The molecule has 2 aromatic carbocycles. The lowest BCUT2D eigenvalue weighted by atomic mass is 10.1. The van der Waals surface area contributed by atoms with E-state index in [-0.39, 0.29) is 10.6 Å². The Labute approximate surface area is 139 Å². The van der Waals surface area contributed by atoms with Crippen LogP contribution >= 0.6 is 39.7 Å². The highest BCUT2D eigenvalue weighted by molar-refractivity contribution is 9.10. The van der Waals surface area contributed by atoms with Gasteiger partial charge in [-0.2, -0.15) is 0 Å². The van der Waals surface area contributed by atoms with E-state index in [0.717, 1.165) is 4.47 Å². The highest BCUT2D eigenvalue weighted by Crippen LogP contribution is 2.23. The first-order valence-electron chi connectivity index (χ1n) is 5.74. The molecule has 0 saturated heterocycles. The third kappa shape index (κ3) is 3.78. The highest BCUT2D eigenvalue weighted by Gasteiger charge is 2.13. The number of carbonyl (C=O) groups excluding carboxylic acids is 1. The molecule has 108 valence electrons. The van der Waals surface area contributed by atoms with E-state index in [1.807, 2.05) is 0 Å². The molecular formula is C14H9BrClFN2OS. The van der Waals surface area contributed by atoms with Gasteiger partial charge >= 0.3 is 0 Å². The summed E-state index contributed by atoms with van der Waals surface area (Å²) in [6.45, 7) is 0. The second kappa shape index (κ2) is 6.51. The Morgan fingerprint density at radius 3 is 2.62 bits per heavy atom. The molecule has 0 bridgehead atoms. The van der Waals surface area contributed by atoms with E-state index in [2.05, 4.69) is 21.2 Å². The molecular weight excluding hydrogens is 379 g/mol. The largest absolute Gasteiger partial charge is 0.389 e. The molecule has 1 amide bonds. The maximum Gasteiger partial charge on any atom is 0.257 e. The van der Waals surface area contributed by atoms with E-state index in [1.54, 1.807) is 18.2 Å². The minimum atomic E-state index is -0.541. The maximum atomic E-state index is 13.5. The lowest BCUT2D eigenvalue weighted by Crippen LogP contribution is -2.15. The van der Waals surface area contributed by atoms with Gasteiger partial charge in [0.05, 0.1) is 10.6 Å². The van der Waals surface area contributed by atoms with Crippen LogP contribution in [0.2, 0.25) is 5.02 Å². The predicted octanol–water partition coefficient (Wildman–Crippen LogP) is 4.13. The highest BCUT2D eigenvalue weighted by atomic mass is 79.9. The van der Waals surface area contributed by atoms with E-state index in [1.165, 1.54) is 18.2 Å². The van der Waals surface area contributed by atoms with E-state index >= 15 is 0 Å². The number of halogens is 3. The van der Waals surface area contributed by atoms with Gasteiger partial charge in [-0.1, -0.05) is 39.7 Å². The van der Waals surface area contributed by atoms with Crippen molar-refractivity contribution in [2.24, 2.45) is 5.73 Å². The molecule has 0 saturated carbocycles. The van der Waals surface area contributed by atoms with Crippen LogP contribution in [0.25, 0.3) is 0 Å². The van der Waals surface area contributed by atoms with E-state index in [4.69, 9.17) is 29.6 Å². The predicted molar refractivity (Wildman–Crippen MR) is 89.4 cm³/mol. The first-order chi connectivity index (χ1) is 9.88. The molecule has 0 aliphatic heterocycles. The number of rotatable bonds is 3. The summed E-state index contributed by atoms with van der Waals surface area (Å²) in [6, 6.07) is 8.90. The zero-order valence-electron chi connectivity index (χ0n) is 10.5. The van der Waals surface area contributed by atoms with Crippen LogP contribution in [-0.2, 0) is 0 Å². The summed E-state index contributed by atoms with van der Waals surface area (Å²) in [6.07, 6.45) is 0. The second-order valence-electron chi connectivity index (χ2n) is 4.14. The van der Waals surface area contributed by atoms with Crippen LogP contribution in [0.3, 0.4) is 0 Å². The zero-order chi connectivity index (χ0) is 15.6. The molecule has 0 aliphatic rings. The normalized spacial score (nSPS) is 10.2. The van der Waals surface area contributed by atoms with Gasteiger partial charge in [-0.05, 0) is 36.4 Å².